The summed E-state index contributed by atoms with van der Waals surface area (Å²) in [6.07, 6.45) is 0.0549. The topological polar surface area (TPSA) is 75.6 Å². The second kappa shape index (κ2) is 10.1. The summed E-state index contributed by atoms with van der Waals surface area (Å²) in [7, 11) is 0. The van der Waals surface area contributed by atoms with Crippen molar-refractivity contribution in [2.45, 2.75) is 58.8 Å². The van der Waals surface area contributed by atoms with Crippen LogP contribution in [0.3, 0.4) is 0 Å². The third-order valence-corrected chi connectivity index (χ3v) is 6.24. The van der Waals surface area contributed by atoms with Gasteiger partial charge in [0.05, 0.1) is 0 Å². The van der Waals surface area contributed by atoms with Crippen LogP contribution in [-0.2, 0) is 9.53 Å². The van der Waals surface area contributed by atoms with Crippen LogP contribution in [0.1, 0.15) is 62.7 Å². The van der Waals surface area contributed by atoms with Gasteiger partial charge in [0.1, 0.15) is 11.0 Å². The lowest BCUT2D eigenvalue weighted by Gasteiger charge is -2.30. The molecule has 1 aromatic carbocycles. The van der Waals surface area contributed by atoms with E-state index in [-0.39, 0.29) is 18.3 Å². The van der Waals surface area contributed by atoms with Crippen LogP contribution in [0.5, 0.6) is 0 Å². The number of carbonyl (C=O) groups is 2. The van der Waals surface area contributed by atoms with Crippen molar-refractivity contribution >= 4 is 40.3 Å². The highest BCUT2D eigenvalue weighted by Crippen LogP contribution is 2.38. The van der Waals surface area contributed by atoms with Crippen molar-refractivity contribution in [1.29, 1.82) is 0 Å². The molecule has 7 nitrogen and oxygen atoms in total. The zero-order valence-electron chi connectivity index (χ0n) is 19.9. The van der Waals surface area contributed by atoms with Gasteiger partial charge in [-0.15, -0.1) is 0 Å². The van der Waals surface area contributed by atoms with Crippen molar-refractivity contribution in [2.24, 2.45) is 0 Å². The van der Waals surface area contributed by atoms with Gasteiger partial charge in [0.25, 0.3) is 5.91 Å². The van der Waals surface area contributed by atoms with E-state index >= 15 is 0 Å². The Morgan fingerprint density at radius 3 is 2.50 bits per heavy atom. The molecule has 0 fully saturated rings. The predicted octanol–water partition coefficient (Wildman–Crippen LogP) is 5.38. The average molecular weight is 481 g/mol. The first-order chi connectivity index (χ1) is 16.3. The van der Waals surface area contributed by atoms with Gasteiger partial charge in [-0.25, -0.2) is 9.97 Å². The smallest absolute Gasteiger partial charge is 0.308 e. The maximum Gasteiger partial charge on any atom is 0.308 e. The molecule has 1 amide bonds. The molecule has 3 heterocycles. The highest BCUT2D eigenvalue weighted by Gasteiger charge is 2.41. The predicted molar refractivity (Wildman–Crippen MR) is 133 cm³/mol. The number of ether oxygens (including phenoxy) is 1. The molecule has 2 aromatic heterocycles. The van der Waals surface area contributed by atoms with E-state index in [1.165, 1.54) is 4.90 Å². The quantitative estimate of drug-likeness (QED) is 0.318. The number of rotatable bonds is 8. The van der Waals surface area contributed by atoms with Gasteiger partial charge in [-0.3, -0.25) is 19.4 Å². The highest BCUT2D eigenvalue weighted by atomic mass is 35.5. The molecule has 34 heavy (non-hydrogen) atoms. The van der Waals surface area contributed by atoms with Gasteiger partial charge >= 0.3 is 5.97 Å². The SMILES string of the molecule is CC(C)N(CCCC(=O)OC1c2ccccc2C(=O)N1c1ccc2ccc(Cl)nc2n1)C(C)C. The minimum absolute atomic E-state index is 0.263. The number of halogens is 1. The lowest BCUT2D eigenvalue weighted by molar-refractivity contribution is -0.149. The lowest BCUT2D eigenvalue weighted by Crippen LogP contribution is -2.38. The third-order valence-electron chi connectivity index (χ3n) is 6.03. The summed E-state index contributed by atoms with van der Waals surface area (Å²) in [5.74, 6) is -0.269. The zero-order chi connectivity index (χ0) is 24.4. The molecule has 0 bridgehead atoms. The van der Waals surface area contributed by atoms with Crippen molar-refractivity contribution in [3.63, 3.8) is 0 Å². The molecule has 0 N–H and O–H groups in total. The average Bonchev–Trinajstić information content (AvgIpc) is 3.07. The number of fused-ring (bicyclic) bond motifs is 2. The second-order valence-electron chi connectivity index (χ2n) is 8.98. The third kappa shape index (κ3) is 4.91. The van der Waals surface area contributed by atoms with Crippen LogP contribution < -0.4 is 4.90 Å². The number of aromatic nitrogens is 2. The first-order valence-corrected chi connectivity index (χ1v) is 11.9. The summed E-state index contributed by atoms with van der Waals surface area (Å²) in [6, 6.07) is 15.0. The molecular formula is C26H29ClN4O3. The molecule has 0 saturated carbocycles. The normalized spacial score (nSPS) is 15.6. The number of pyridine rings is 2. The van der Waals surface area contributed by atoms with E-state index in [1.807, 2.05) is 18.2 Å². The number of hydrogen-bond donors (Lipinski definition) is 0. The Bertz CT molecular complexity index is 1210. The number of esters is 1. The van der Waals surface area contributed by atoms with Gasteiger partial charge in [0, 0.05) is 35.0 Å². The van der Waals surface area contributed by atoms with Crippen molar-refractivity contribution in [3.05, 3.63) is 64.8 Å². The van der Waals surface area contributed by atoms with Crippen molar-refractivity contribution in [1.82, 2.24) is 14.9 Å². The van der Waals surface area contributed by atoms with Crippen LogP contribution >= 0.6 is 11.6 Å². The molecular weight excluding hydrogens is 452 g/mol. The Morgan fingerprint density at radius 2 is 1.76 bits per heavy atom. The van der Waals surface area contributed by atoms with Gasteiger partial charge in [0.2, 0.25) is 6.23 Å². The van der Waals surface area contributed by atoms with E-state index < -0.39 is 6.23 Å². The van der Waals surface area contributed by atoms with E-state index in [0.717, 1.165) is 11.9 Å². The van der Waals surface area contributed by atoms with E-state index in [9.17, 15) is 9.59 Å². The van der Waals surface area contributed by atoms with Gasteiger partial charge < -0.3 is 4.74 Å². The maximum absolute atomic E-state index is 13.3. The monoisotopic (exact) mass is 480 g/mol. The fourth-order valence-electron chi connectivity index (χ4n) is 4.42. The van der Waals surface area contributed by atoms with Gasteiger partial charge in [-0.2, -0.15) is 0 Å². The molecule has 1 unspecified atom stereocenters. The first kappa shape index (κ1) is 24.1. The van der Waals surface area contributed by atoms with Crippen LogP contribution in [0.25, 0.3) is 11.0 Å². The Morgan fingerprint density at radius 1 is 1.06 bits per heavy atom. The van der Waals surface area contributed by atoms with E-state index in [4.69, 9.17) is 16.3 Å². The number of amides is 1. The van der Waals surface area contributed by atoms with Crippen LogP contribution in [-0.4, -0.2) is 45.4 Å². The summed E-state index contributed by atoms with van der Waals surface area (Å²) in [5, 5.41) is 1.11. The van der Waals surface area contributed by atoms with Crippen LogP contribution in [0, 0.1) is 0 Å². The molecule has 178 valence electrons. The standard InChI is InChI=1S/C26H29ClN4O3/c1-16(2)30(17(3)4)15-7-10-23(32)34-26-20-9-6-5-8-19(20)25(33)31(26)22-14-12-18-11-13-21(27)28-24(18)29-22/h5-6,8-9,11-14,16-17,26H,7,10,15H2,1-4H3. The summed E-state index contributed by atoms with van der Waals surface area (Å²) in [6.45, 7) is 9.39. The van der Waals surface area contributed by atoms with Gasteiger partial charge in [-0.1, -0.05) is 29.8 Å². The Labute approximate surface area is 204 Å². The number of anilines is 1. The van der Waals surface area contributed by atoms with E-state index in [2.05, 4.69) is 42.6 Å². The molecule has 0 saturated heterocycles. The molecule has 1 atom stereocenters. The number of hydrogen-bond acceptors (Lipinski definition) is 6. The van der Waals surface area contributed by atoms with E-state index in [0.29, 0.717) is 46.2 Å². The molecule has 3 aromatic rings. The van der Waals surface area contributed by atoms with Crippen LogP contribution in [0.15, 0.2) is 48.5 Å². The number of benzene rings is 1. The highest BCUT2D eigenvalue weighted by molar-refractivity contribution is 6.29. The summed E-state index contributed by atoms with van der Waals surface area (Å²) < 4.78 is 5.87. The maximum atomic E-state index is 13.3. The molecule has 1 aliphatic rings. The molecule has 0 radical (unpaired) electrons. The fourth-order valence-corrected chi connectivity index (χ4v) is 4.57. The van der Waals surface area contributed by atoms with Crippen molar-refractivity contribution in [2.75, 3.05) is 11.4 Å². The largest absolute Gasteiger partial charge is 0.437 e. The van der Waals surface area contributed by atoms with Gasteiger partial charge in [0.15, 0.2) is 5.65 Å². The first-order valence-electron chi connectivity index (χ1n) is 11.6. The van der Waals surface area contributed by atoms with Crippen molar-refractivity contribution in [3.8, 4) is 0 Å². The summed E-state index contributed by atoms with van der Waals surface area (Å²) in [5.41, 5.74) is 1.56. The fraction of sp³-hybridized carbons (Fsp3) is 0.385. The summed E-state index contributed by atoms with van der Waals surface area (Å²) >= 11 is 6.04. The zero-order valence-corrected chi connectivity index (χ0v) is 20.6. The lowest BCUT2D eigenvalue weighted by atomic mass is 10.1. The molecule has 1 aliphatic heterocycles. The molecule has 4 rings (SSSR count). The molecule has 0 aliphatic carbocycles. The van der Waals surface area contributed by atoms with E-state index in [1.54, 1.807) is 30.3 Å². The van der Waals surface area contributed by atoms with Crippen LogP contribution in [0.2, 0.25) is 5.15 Å². The van der Waals surface area contributed by atoms with Crippen LogP contribution in [0.4, 0.5) is 5.82 Å². The number of nitrogens with zero attached hydrogens (tertiary/aromatic N) is 4. The Hall–Kier alpha value is -3.03. The van der Waals surface area contributed by atoms with Crippen molar-refractivity contribution < 1.29 is 14.3 Å². The molecule has 0 spiro atoms. The summed E-state index contributed by atoms with van der Waals surface area (Å²) in [4.78, 5) is 38.7. The Balaban J connectivity index is 1.56. The Kier molecular flexibility index (Phi) is 7.14. The minimum atomic E-state index is -0.883. The number of carbonyl (C=O) groups excluding carboxylic acids is 2. The molecule has 8 heteroatoms. The van der Waals surface area contributed by atoms with Gasteiger partial charge in [-0.05, 0) is 71.0 Å². The minimum Gasteiger partial charge on any atom is -0.437 e. The second-order valence-corrected chi connectivity index (χ2v) is 9.37.